The van der Waals surface area contributed by atoms with E-state index in [1.165, 1.54) is 6.07 Å². The fourth-order valence-electron chi connectivity index (χ4n) is 2.95. The zero-order chi connectivity index (χ0) is 14.7. The molecule has 2 rings (SSSR count). The first-order chi connectivity index (χ1) is 9.51. The number of rotatable bonds is 3. The van der Waals surface area contributed by atoms with E-state index in [9.17, 15) is 9.90 Å². The number of carbonyl (C=O) groups excluding carboxylic acids is 1. The third-order valence-corrected chi connectivity index (χ3v) is 4.20. The normalized spacial score (nSPS) is 26.1. The number of amides is 1. The zero-order valence-electron chi connectivity index (χ0n) is 12.3. The van der Waals surface area contributed by atoms with Gasteiger partial charge in [-0.15, -0.1) is 0 Å². The minimum Gasteiger partial charge on any atom is -0.507 e. The molecule has 1 aliphatic rings. The molecule has 3 unspecified atom stereocenters. The van der Waals surface area contributed by atoms with Crippen LogP contribution in [0.5, 0.6) is 11.5 Å². The Morgan fingerprint density at radius 1 is 1.35 bits per heavy atom. The van der Waals surface area contributed by atoms with Gasteiger partial charge in [-0.25, -0.2) is 0 Å². The van der Waals surface area contributed by atoms with Crippen molar-refractivity contribution in [1.29, 1.82) is 0 Å². The molecule has 20 heavy (non-hydrogen) atoms. The van der Waals surface area contributed by atoms with Gasteiger partial charge in [0, 0.05) is 6.04 Å². The molecule has 1 saturated carbocycles. The Hall–Kier alpha value is -1.71. The monoisotopic (exact) mass is 277 g/mol. The van der Waals surface area contributed by atoms with Crippen molar-refractivity contribution in [1.82, 2.24) is 5.32 Å². The lowest BCUT2D eigenvalue weighted by molar-refractivity contribution is 0.0896. The van der Waals surface area contributed by atoms with Gasteiger partial charge in [0.1, 0.15) is 11.5 Å². The Kier molecular flexibility index (Phi) is 4.53. The first-order valence-corrected chi connectivity index (χ1v) is 7.19. The lowest BCUT2D eigenvalue weighted by Crippen LogP contribution is -2.42. The maximum absolute atomic E-state index is 12.3. The van der Waals surface area contributed by atoms with Crippen LogP contribution in [-0.4, -0.2) is 24.2 Å². The van der Waals surface area contributed by atoms with Crippen molar-refractivity contribution in [3.63, 3.8) is 0 Å². The summed E-state index contributed by atoms with van der Waals surface area (Å²) < 4.78 is 5.09. The van der Waals surface area contributed by atoms with E-state index in [2.05, 4.69) is 19.2 Å². The highest BCUT2D eigenvalue weighted by atomic mass is 16.5. The van der Waals surface area contributed by atoms with E-state index < -0.39 is 0 Å². The Morgan fingerprint density at radius 2 is 2.10 bits per heavy atom. The molecule has 0 spiro atoms. The molecule has 0 radical (unpaired) electrons. The molecular weight excluding hydrogens is 254 g/mol. The third kappa shape index (κ3) is 3.24. The molecule has 3 atom stereocenters. The van der Waals surface area contributed by atoms with Crippen molar-refractivity contribution in [2.75, 3.05) is 7.11 Å². The van der Waals surface area contributed by atoms with Crippen molar-refractivity contribution in [2.24, 2.45) is 11.8 Å². The van der Waals surface area contributed by atoms with E-state index >= 15 is 0 Å². The number of benzene rings is 1. The molecule has 0 heterocycles. The summed E-state index contributed by atoms with van der Waals surface area (Å²) in [6.07, 6.45) is 3.27. The van der Waals surface area contributed by atoms with Gasteiger partial charge in [-0.05, 0) is 49.3 Å². The number of hydrogen-bond donors (Lipinski definition) is 2. The van der Waals surface area contributed by atoms with Crippen molar-refractivity contribution in [2.45, 2.75) is 39.2 Å². The SMILES string of the molecule is COc1ccc(O)c(C(=O)NC2CCC(C)CC2C)c1. The number of hydrogen-bond acceptors (Lipinski definition) is 3. The molecule has 0 saturated heterocycles. The Morgan fingerprint density at radius 3 is 2.75 bits per heavy atom. The van der Waals surface area contributed by atoms with Crippen molar-refractivity contribution in [3.05, 3.63) is 23.8 Å². The summed E-state index contributed by atoms with van der Waals surface area (Å²) in [6.45, 7) is 4.43. The van der Waals surface area contributed by atoms with E-state index in [0.717, 1.165) is 25.2 Å². The largest absolute Gasteiger partial charge is 0.507 e. The summed E-state index contributed by atoms with van der Waals surface area (Å²) in [5, 5.41) is 12.9. The van der Waals surface area contributed by atoms with Crippen LogP contribution in [0.4, 0.5) is 0 Å². The van der Waals surface area contributed by atoms with Gasteiger partial charge in [0.2, 0.25) is 0 Å². The Bertz CT molecular complexity index is 487. The van der Waals surface area contributed by atoms with Crippen molar-refractivity contribution >= 4 is 5.91 Å². The second-order valence-electron chi connectivity index (χ2n) is 5.86. The van der Waals surface area contributed by atoms with E-state index in [-0.39, 0.29) is 23.3 Å². The number of phenolic OH excluding ortho intramolecular Hbond substituents is 1. The molecular formula is C16H23NO3. The van der Waals surface area contributed by atoms with Crippen LogP contribution in [0.15, 0.2) is 18.2 Å². The molecule has 1 aromatic carbocycles. The van der Waals surface area contributed by atoms with Crippen molar-refractivity contribution < 1.29 is 14.6 Å². The molecule has 110 valence electrons. The van der Waals surface area contributed by atoms with E-state index in [1.54, 1.807) is 19.2 Å². The fraction of sp³-hybridized carbons (Fsp3) is 0.562. The Balaban J connectivity index is 2.08. The average molecular weight is 277 g/mol. The summed E-state index contributed by atoms with van der Waals surface area (Å²) in [4.78, 5) is 12.3. The number of phenols is 1. The van der Waals surface area contributed by atoms with E-state index in [1.807, 2.05) is 0 Å². The van der Waals surface area contributed by atoms with Gasteiger partial charge in [0.15, 0.2) is 0 Å². The number of aromatic hydroxyl groups is 1. The van der Waals surface area contributed by atoms with Gasteiger partial charge in [-0.1, -0.05) is 13.8 Å². The highest BCUT2D eigenvalue weighted by molar-refractivity contribution is 5.97. The molecule has 1 fully saturated rings. The lowest BCUT2D eigenvalue weighted by Gasteiger charge is -2.33. The van der Waals surface area contributed by atoms with Crippen LogP contribution >= 0.6 is 0 Å². The van der Waals surface area contributed by atoms with Gasteiger partial charge in [0.05, 0.1) is 12.7 Å². The van der Waals surface area contributed by atoms with E-state index in [0.29, 0.717) is 11.7 Å². The summed E-state index contributed by atoms with van der Waals surface area (Å²) in [5.74, 6) is 1.52. The fourth-order valence-corrected chi connectivity index (χ4v) is 2.95. The van der Waals surface area contributed by atoms with Crippen LogP contribution in [0.25, 0.3) is 0 Å². The van der Waals surface area contributed by atoms with Gasteiger partial charge in [-0.2, -0.15) is 0 Å². The molecule has 1 aliphatic carbocycles. The van der Waals surface area contributed by atoms with Crippen LogP contribution in [0.3, 0.4) is 0 Å². The van der Waals surface area contributed by atoms with Gasteiger partial charge in [-0.3, -0.25) is 4.79 Å². The van der Waals surface area contributed by atoms with Crippen LogP contribution in [0.2, 0.25) is 0 Å². The maximum Gasteiger partial charge on any atom is 0.255 e. The van der Waals surface area contributed by atoms with Gasteiger partial charge in [0.25, 0.3) is 5.91 Å². The molecule has 0 aliphatic heterocycles. The summed E-state index contributed by atoms with van der Waals surface area (Å²) >= 11 is 0. The van der Waals surface area contributed by atoms with E-state index in [4.69, 9.17) is 4.74 Å². The zero-order valence-corrected chi connectivity index (χ0v) is 12.3. The summed E-state index contributed by atoms with van der Waals surface area (Å²) in [6, 6.07) is 4.88. The predicted molar refractivity (Wildman–Crippen MR) is 78.1 cm³/mol. The van der Waals surface area contributed by atoms with Crippen LogP contribution in [-0.2, 0) is 0 Å². The summed E-state index contributed by atoms with van der Waals surface area (Å²) in [5.41, 5.74) is 0.273. The standard InChI is InChI=1S/C16H23NO3/c1-10-4-6-14(11(2)8-10)17-16(19)13-9-12(20-3)5-7-15(13)18/h5,7,9-11,14,18H,4,6,8H2,1-3H3,(H,17,19). The number of nitrogens with one attached hydrogen (secondary N) is 1. The number of carbonyl (C=O) groups is 1. The number of ether oxygens (including phenoxy) is 1. The van der Waals surface area contributed by atoms with Gasteiger partial charge < -0.3 is 15.2 Å². The first kappa shape index (κ1) is 14.7. The molecule has 4 heteroatoms. The highest BCUT2D eigenvalue weighted by Gasteiger charge is 2.27. The van der Waals surface area contributed by atoms with Gasteiger partial charge >= 0.3 is 0 Å². The average Bonchev–Trinajstić information content (AvgIpc) is 2.42. The lowest BCUT2D eigenvalue weighted by atomic mass is 9.80. The molecule has 1 amide bonds. The molecule has 2 N–H and O–H groups in total. The second kappa shape index (κ2) is 6.16. The topological polar surface area (TPSA) is 58.6 Å². The molecule has 1 aromatic rings. The first-order valence-electron chi connectivity index (χ1n) is 7.19. The molecule has 0 bridgehead atoms. The minimum absolute atomic E-state index is 0.0138. The molecule has 4 nitrogen and oxygen atoms in total. The van der Waals surface area contributed by atoms with Crippen LogP contribution in [0.1, 0.15) is 43.5 Å². The Labute approximate surface area is 120 Å². The van der Waals surface area contributed by atoms with Crippen LogP contribution in [0, 0.1) is 11.8 Å². The molecule has 0 aromatic heterocycles. The highest BCUT2D eigenvalue weighted by Crippen LogP contribution is 2.29. The van der Waals surface area contributed by atoms with Crippen LogP contribution < -0.4 is 10.1 Å². The third-order valence-electron chi connectivity index (χ3n) is 4.20. The van der Waals surface area contributed by atoms with Crippen molar-refractivity contribution in [3.8, 4) is 11.5 Å². The minimum atomic E-state index is -0.229. The predicted octanol–water partition coefficient (Wildman–Crippen LogP) is 2.96. The quantitative estimate of drug-likeness (QED) is 0.893. The number of methoxy groups -OCH3 is 1. The maximum atomic E-state index is 12.3. The second-order valence-corrected chi connectivity index (χ2v) is 5.86. The smallest absolute Gasteiger partial charge is 0.255 e. The summed E-state index contributed by atoms with van der Waals surface area (Å²) in [7, 11) is 1.54.